The summed E-state index contributed by atoms with van der Waals surface area (Å²) in [5, 5.41) is 0. The van der Waals surface area contributed by atoms with E-state index in [1.165, 1.54) is 4.31 Å². The van der Waals surface area contributed by atoms with Crippen LogP contribution in [0.3, 0.4) is 0 Å². The highest BCUT2D eigenvalue weighted by Gasteiger charge is 2.33. The van der Waals surface area contributed by atoms with E-state index in [4.69, 9.17) is 0 Å². The van der Waals surface area contributed by atoms with Crippen LogP contribution in [0.2, 0.25) is 0 Å². The third kappa shape index (κ3) is 2.81. The largest absolute Gasteiger partial charge is 0.300 e. The molecule has 16 heavy (non-hydrogen) atoms. The zero-order valence-corrected chi connectivity index (χ0v) is 10.3. The molecule has 1 aliphatic heterocycles. The summed E-state index contributed by atoms with van der Waals surface area (Å²) in [6.45, 7) is 2.51. The summed E-state index contributed by atoms with van der Waals surface area (Å²) in [6, 6.07) is 0.149. The van der Waals surface area contributed by atoms with Crippen LogP contribution in [0.25, 0.3) is 0 Å². The van der Waals surface area contributed by atoms with Crippen molar-refractivity contribution in [3.05, 3.63) is 0 Å². The molecule has 0 atom stereocenters. The molecular formula is C10H18N2O3S. The van der Waals surface area contributed by atoms with E-state index < -0.39 is 10.2 Å². The van der Waals surface area contributed by atoms with Crippen molar-refractivity contribution in [3.63, 3.8) is 0 Å². The number of ketones is 1. The third-order valence-corrected chi connectivity index (χ3v) is 4.94. The molecule has 2 rings (SSSR count). The lowest BCUT2D eigenvalue weighted by atomic mass is 9.95. The Hall–Kier alpha value is -0.460. The molecule has 0 bridgehead atoms. The van der Waals surface area contributed by atoms with Crippen molar-refractivity contribution in [1.82, 2.24) is 9.03 Å². The SMILES string of the molecule is CC(=O)C1CCN(S(=O)(=O)NC2CC2)CC1. The van der Waals surface area contributed by atoms with Crippen LogP contribution in [0.15, 0.2) is 0 Å². The van der Waals surface area contributed by atoms with E-state index >= 15 is 0 Å². The number of nitrogens with zero attached hydrogens (tertiary/aromatic N) is 1. The fraction of sp³-hybridized carbons (Fsp3) is 0.900. The van der Waals surface area contributed by atoms with Crippen molar-refractivity contribution in [3.8, 4) is 0 Å². The van der Waals surface area contributed by atoms with Crippen LogP contribution in [-0.2, 0) is 15.0 Å². The van der Waals surface area contributed by atoms with E-state index in [0.717, 1.165) is 12.8 Å². The summed E-state index contributed by atoms with van der Waals surface area (Å²) >= 11 is 0. The van der Waals surface area contributed by atoms with Gasteiger partial charge in [-0.15, -0.1) is 0 Å². The molecule has 2 fully saturated rings. The van der Waals surface area contributed by atoms with Gasteiger partial charge in [0.2, 0.25) is 0 Å². The summed E-state index contributed by atoms with van der Waals surface area (Å²) < 4.78 is 27.8. The van der Waals surface area contributed by atoms with Crippen LogP contribution in [-0.4, -0.2) is 37.6 Å². The number of hydrogen-bond donors (Lipinski definition) is 1. The molecule has 0 aromatic heterocycles. The van der Waals surface area contributed by atoms with Crippen molar-refractivity contribution < 1.29 is 13.2 Å². The summed E-state index contributed by atoms with van der Waals surface area (Å²) in [4.78, 5) is 11.2. The minimum Gasteiger partial charge on any atom is -0.300 e. The molecule has 0 aromatic carbocycles. The van der Waals surface area contributed by atoms with Crippen LogP contribution in [0, 0.1) is 5.92 Å². The standard InChI is InChI=1S/C10H18N2O3S/c1-8(13)9-4-6-12(7-5-9)16(14,15)11-10-2-3-10/h9-11H,2-7H2,1H3. The van der Waals surface area contributed by atoms with Crippen LogP contribution in [0.5, 0.6) is 0 Å². The van der Waals surface area contributed by atoms with Gasteiger partial charge in [-0.25, -0.2) is 0 Å². The molecule has 5 nitrogen and oxygen atoms in total. The predicted octanol–water partition coefficient (Wildman–Crippen LogP) is 0.284. The number of nitrogens with one attached hydrogen (secondary N) is 1. The van der Waals surface area contributed by atoms with Gasteiger partial charge in [0.1, 0.15) is 5.78 Å². The summed E-state index contributed by atoms with van der Waals surface area (Å²) in [5.41, 5.74) is 0. The van der Waals surface area contributed by atoms with Gasteiger partial charge in [-0.2, -0.15) is 17.4 Å². The Morgan fingerprint density at radius 1 is 1.19 bits per heavy atom. The van der Waals surface area contributed by atoms with Crippen molar-refractivity contribution >= 4 is 16.0 Å². The average molecular weight is 246 g/mol. The molecule has 0 unspecified atom stereocenters. The van der Waals surface area contributed by atoms with E-state index in [-0.39, 0.29) is 17.7 Å². The van der Waals surface area contributed by atoms with Gasteiger partial charge in [-0.05, 0) is 32.6 Å². The molecule has 0 amide bonds. The minimum atomic E-state index is -3.30. The Labute approximate surface area is 96.4 Å². The van der Waals surface area contributed by atoms with Gasteiger partial charge in [0.25, 0.3) is 10.2 Å². The first-order chi connectivity index (χ1) is 7.49. The van der Waals surface area contributed by atoms with Crippen molar-refractivity contribution in [2.75, 3.05) is 13.1 Å². The fourth-order valence-corrected chi connectivity index (χ4v) is 3.49. The predicted molar refractivity (Wildman–Crippen MR) is 60.1 cm³/mol. The number of carbonyl (C=O) groups excluding carboxylic acids is 1. The quantitative estimate of drug-likeness (QED) is 0.775. The van der Waals surface area contributed by atoms with E-state index in [1.807, 2.05) is 0 Å². The maximum absolute atomic E-state index is 11.8. The molecule has 1 heterocycles. The molecule has 1 N–H and O–H groups in total. The average Bonchev–Trinajstić information content (AvgIpc) is 3.01. The molecule has 0 radical (unpaired) electrons. The maximum Gasteiger partial charge on any atom is 0.279 e. The second-order valence-corrected chi connectivity index (χ2v) is 6.38. The van der Waals surface area contributed by atoms with Crippen LogP contribution >= 0.6 is 0 Å². The molecular weight excluding hydrogens is 228 g/mol. The monoisotopic (exact) mass is 246 g/mol. The van der Waals surface area contributed by atoms with Gasteiger partial charge in [0.15, 0.2) is 0 Å². The second kappa shape index (κ2) is 4.43. The molecule has 1 saturated heterocycles. The van der Waals surface area contributed by atoms with Crippen LogP contribution < -0.4 is 4.72 Å². The third-order valence-electron chi connectivity index (χ3n) is 3.26. The number of hydrogen-bond acceptors (Lipinski definition) is 3. The Morgan fingerprint density at radius 3 is 2.19 bits per heavy atom. The molecule has 0 spiro atoms. The smallest absolute Gasteiger partial charge is 0.279 e. The molecule has 1 saturated carbocycles. The fourth-order valence-electron chi connectivity index (χ4n) is 1.99. The number of piperidine rings is 1. The molecule has 0 aromatic rings. The highest BCUT2D eigenvalue weighted by molar-refractivity contribution is 7.87. The van der Waals surface area contributed by atoms with E-state index in [2.05, 4.69) is 4.72 Å². The van der Waals surface area contributed by atoms with Gasteiger partial charge in [-0.1, -0.05) is 0 Å². The van der Waals surface area contributed by atoms with Crippen molar-refractivity contribution in [1.29, 1.82) is 0 Å². The summed E-state index contributed by atoms with van der Waals surface area (Å²) in [5.74, 6) is 0.222. The van der Waals surface area contributed by atoms with Gasteiger partial charge in [-0.3, -0.25) is 4.79 Å². The maximum atomic E-state index is 11.8. The lowest BCUT2D eigenvalue weighted by Crippen LogP contribution is -2.46. The van der Waals surface area contributed by atoms with Gasteiger partial charge in [0, 0.05) is 25.0 Å². The Balaban J connectivity index is 1.90. The highest BCUT2D eigenvalue weighted by Crippen LogP contribution is 2.23. The zero-order valence-electron chi connectivity index (χ0n) is 9.48. The van der Waals surface area contributed by atoms with E-state index in [1.54, 1.807) is 6.92 Å². The summed E-state index contributed by atoms with van der Waals surface area (Å²) in [6.07, 6.45) is 3.20. The normalized spacial score (nSPS) is 24.6. The molecule has 1 aliphatic carbocycles. The topological polar surface area (TPSA) is 66.5 Å². The number of Topliss-reactive ketones (excluding diaryl/α,β-unsaturated/α-hetero) is 1. The van der Waals surface area contributed by atoms with E-state index in [9.17, 15) is 13.2 Å². The van der Waals surface area contributed by atoms with Crippen molar-refractivity contribution in [2.45, 2.75) is 38.6 Å². The Bertz CT molecular complexity index is 368. The highest BCUT2D eigenvalue weighted by atomic mass is 32.2. The minimum absolute atomic E-state index is 0.0485. The number of carbonyl (C=O) groups is 1. The Morgan fingerprint density at radius 2 is 1.75 bits per heavy atom. The first-order valence-electron chi connectivity index (χ1n) is 5.77. The number of rotatable bonds is 4. The molecule has 92 valence electrons. The van der Waals surface area contributed by atoms with Gasteiger partial charge < -0.3 is 0 Å². The second-order valence-electron chi connectivity index (χ2n) is 4.68. The molecule has 6 heteroatoms. The van der Waals surface area contributed by atoms with Gasteiger partial charge in [0.05, 0.1) is 0 Å². The lowest BCUT2D eigenvalue weighted by molar-refractivity contribution is -0.121. The van der Waals surface area contributed by atoms with E-state index in [0.29, 0.717) is 25.9 Å². The molecule has 2 aliphatic rings. The first-order valence-corrected chi connectivity index (χ1v) is 7.21. The zero-order chi connectivity index (χ0) is 11.8. The van der Waals surface area contributed by atoms with Gasteiger partial charge >= 0.3 is 0 Å². The first kappa shape index (κ1) is 12.0. The van der Waals surface area contributed by atoms with Crippen molar-refractivity contribution in [2.24, 2.45) is 5.92 Å². The van der Waals surface area contributed by atoms with Crippen LogP contribution in [0.4, 0.5) is 0 Å². The Kier molecular flexibility index (Phi) is 3.32. The summed E-state index contributed by atoms with van der Waals surface area (Å²) in [7, 11) is -3.30. The van der Waals surface area contributed by atoms with Crippen LogP contribution in [0.1, 0.15) is 32.6 Å². The lowest BCUT2D eigenvalue weighted by Gasteiger charge is -2.29.